The van der Waals surface area contributed by atoms with Crippen LogP contribution in [0.15, 0.2) is 24.3 Å². The maximum atomic E-state index is 10.6. The van der Waals surface area contributed by atoms with Crippen LogP contribution in [0.25, 0.3) is 0 Å². The maximum Gasteiger partial charge on any atom is 0.335 e. The van der Waals surface area contributed by atoms with E-state index in [-0.39, 0.29) is 5.56 Å². The average molecular weight is 238 g/mol. The first-order valence-corrected chi connectivity index (χ1v) is 5.19. The van der Waals surface area contributed by atoms with Gasteiger partial charge in [-0.2, -0.15) is 0 Å². The van der Waals surface area contributed by atoms with Gasteiger partial charge in [-0.15, -0.1) is 0 Å². The lowest BCUT2D eigenvalue weighted by Crippen LogP contribution is -2.13. The van der Waals surface area contributed by atoms with Crippen molar-refractivity contribution in [3.8, 4) is 5.75 Å². The molecule has 2 N–H and O–H groups in total. The van der Waals surface area contributed by atoms with E-state index in [1.165, 1.54) is 12.1 Å². The van der Waals surface area contributed by atoms with Crippen LogP contribution >= 0.6 is 0 Å². The molecule has 0 amide bonds. The van der Waals surface area contributed by atoms with Crippen molar-refractivity contribution in [1.82, 2.24) is 0 Å². The number of carboxylic acid groups (broad SMARTS) is 2. The zero-order valence-electron chi connectivity index (χ0n) is 9.42. The molecule has 0 aliphatic heterocycles. The van der Waals surface area contributed by atoms with Gasteiger partial charge in [0.25, 0.3) is 0 Å². The Morgan fingerprint density at radius 3 is 2.29 bits per heavy atom. The number of rotatable bonds is 6. The van der Waals surface area contributed by atoms with E-state index in [0.717, 1.165) is 0 Å². The van der Waals surface area contributed by atoms with Gasteiger partial charge < -0.3 is 14.9 Å². The van der Waals surface area contributed by atoms with Crippen LogP contribution < -0.4 is 4.74 Å². The minimum absolute atomic E-state index is 0.191. The number of carboxylic acids is 2. The van der Waals surface area contributed by atoms with Gasteiger partial charge in [-0.3, -0.25) is 4.79 Å². The van der Waals surface area contributed by atoms with E-state index in [9.17, 15) is 9.59 Å². The highest BCUT2D eigenvalue weighted by Gasteiger charge is 2.10. The quantitative estimate of drug-likeness (QED) is 0.790. The summed E-state index contributed by atoms with van der Waals surface area (Å²) in [5.74, 6) is -1.76. The van der Waals surface area contributed by atoms with E-state index in [1.807, 2.05) is 0 Å². The molecule has 0 fully saturated rings. The van der Waals surface area contributed by atoms with Gasteiger partial charge in [-0.1, -0.05) is 6.92 Å². The molecule has 1 atom stereocenters. The molecule has 1 unspecified atom stereocenters. The Kier molecular flexibility index (Phi) is 4.51. The lowest BCUT2D eigenvalue weighted by atomic mass is 10.1. The fraction of sp³-hybridized carbons (Fsp3) is 0.333. The molecular weight excluding hydrogens is 224 g/mol. The van der Waals surface area contributed by atoms with E-state index >= 15 is 0 Å². The lowest BCUT2D eigenvalue weighted by molar-refractivity contribution is -0.141. The van der Waals surface area contributed by atoms with Crippen molar-refractivity contribution >= 4 is 11.9 Å². The molecule has 5 heteroatoms. The summed E-state index contributed by atoms with van der Waals surface area (Å²) >= 11 is 0. The summed E-state index contributed by atoms with van der Waals surface area (Å²) < 4.78 is 5.31. The highest BCUT2D eigenvalue weighted by molar-refractivity contribution is 5.87. The molecule has 0 spiro atoms. The minimum Gasteiger partial charge on any atom is -0.494 e. The number of hydrogen-bond acceptors (Lipinski definition) is 3. The fourth-order valence-electron chi connectivity index (χ4n) is 1.17. The van der Waals surface area contributed by atoms with Gasteiger partial charge in [0.2, 0.25) is 0 Å². The van der Waals surface area contributed by atoms with Crippen LogP contribution in [0.5, 0.6) is 5.75 Å². The third kappa shape index (κ3) is 4.14. The van der Waals surface area contributed by atoms with Gasteiger partial charge in [0.15, 0.2) is 0 Å². The highest BCUT2D eigenvalue weighted by Crippen LogP contribution is 2.13. The van der Waals surface area contributed by atoms with E-state index in [4.69, 9.17) is 14.9 Å². The van der Waals surface area contributed by atoms with E-state index < -0.39 is 17.9 Å². The van der Waals surface area contributed by atoms with E-state index in [1.54, 1.807) is 19.1 Å². The molecule has 17 heavy (non-hydrogen) atoms. The van der Waals surface area contributed by atoms with Crippen molar-refractivity contribution in [3.63, 3.8) is 0 Å². The fourth-order valence-corrected chi connectivity index (χ4v) is 1.17. The predicted molar refractivity (Wildman–Crippen MR) is 60.3 cm³/mol. The minimum atomic E-state index is -0.990. The van der Waals surface area contributed by atoms with Gasteiger partial charge in [0, 0.05) is 0 Å². The summed E-state index contributed by atoms with van der Waals surface area (Å²) in [7, 11) is 0. The van der Waals surface area contributed by atoms with Crippen LogP contribution in [0, 0.1) is 5.92 Å². The SMILES string of the molecule is CC(CCOc1ccc(C(=O)O)cc1)C(=O)O. The molecule has 0 saturated heterocycles. The van der Waals surface area contributed by atoms with Crippen molar-refractivity contribution in [2.24, 2.45) is 5.92 Å². The molecule has 1 rings (SSSR count). The van der Waals surface area contributed by atoms with Crippen molar-refractivity contribution in [2.75, 3.05) is 6.61 Å². The zero-order chi connectivity index (χ0) is 12.8. The van der Waals surface area contributed by atoms with Gasteiger partial charge in [0.1, 0.15) is 5.75 Å². The summed E-state index contributed by atoms with van der Waals surface area (Å²) in [6.45, 7) is 1.90. The largest absolute Gasteiger partial charge is 0.494 e. The smallest absolute Gasteiger partial charge is 0.335 e. The normalized spacial score (nSPS) is 11.8. The Morgan fingerprint density at radius 2 is 1.82 bits per heavy atom. The number of carbonyl (C=O) groups is 2. The van der Waals surface area contributed by atoms with Crippen LogP contribution in [-0.4, -0.2) is 28.8 Å². The summed E-state index contributed by atoms with van der Waals surface area (Å²) in [6, 6.07) is 5.99. The Morgan fingerprint density at radius 1 is 1.24 bits per heavy atom. The van der Waals surface area contributed by atoms with E-state index in [0.29, 0.717) is 18.8 Å². The Labute approximate surface area is 98.6 Å². The van der Waals surface area contributed by atoms with Crippen LogP contribution in [-0.2, 0) is 4.79 Å². The number of benzene rings is 1. The van der Waals surface area contributed by atoms with Crippen molar-refractivity contribution in [1.29, 1.82) is 0 Å². The second-order valence-electron chi connectivity index (χ2n) is 3.71. The molecule has 5 nitrogen and oxygen atoms in total. The third-order valence-corrected chi connectivity index (χ3v) is 2.34. The molecule has 0 bridgehead atoms. The van der Waals surface area contributed by atoms with Crippen molar-refractivity contribution < 1.29 is 24.5 Å². The highest BCUT2D eigenvalue weighted by atomic mass is 16.5. The summed E-state index contributed by atoms with van der Waals surface area (Å²) in [5.41, 5.74) is 0.191. The van der Waals surface area contributed by atoms with Crippen LogP contribution in [0.2, 0.25) is 0 Å². The maximum absolute atomic E-state index is 10.6. The monoisotopic (exact) mass is 238 g/mol. The summed E-state index contributed by atoms with van der Waals surface area (Å²) in [6.07, 6.45) is 0.413. The number of aromatic carboxylic acids is 1. The first kappa shape index (κ1) is 13.0. The number of aliphatic carboxylic acids is 1. The van der Waals surface area contributed by atoms with E-state index in [2.05, 4.69) is 0 Å². The lowest BCUT2D eigenvalue weighted by Gasteiger charge is -2.08. The standard InChI is InChI=1S/C12H14O5/c1-8(11(13)14)6-7-17-10-4-2-9(3-5-10)12(15)16/h2-5,8H,6-7H2,1H3,(H,13,14)(H,15,16). The number of ether oxygens (including phenoxy) is 1. The molecule has 0 heterocycles. The Bertz CT molecular complexity index is 396. The van der Waals surface area contributed by atoms with Gasteiger partial charge in [-0.25, -0.2) is 4.79 Å². The van der Waals surface area contributed by atoms with Gasteiger partial charge >= 0.3 is 11.9 Å². The topological polar surface area (TPSA) is 83.8 Å². The molecule has 92 valence electrons. The molecule has 1 aromatic carbocycles. The average Bonchev–Trinajstić information content (AvgIpc) is 2.29. The Hall–Kier alpha value is -2.04. The molecule has 0 aliphatic rings. The van der Waals surface area contributed by atoms with Gasteiger partial charge in [-0.05, 0) is 30.7 Å². The zero-order valence-corrected chi connectivity index (χ0v) is 9.42. The van der Waals surface area contributed by atoms with Crippen LogP contribution in [0.4, 0.5) is 0 Å². The first-order valence-electron chi connectivity index (χ1n) is 5.19. The molecule has 0 aliphatic carbocycles. The molecule has 0 saturated carbocycles. The predicted octanol–water partition coefficient (Wildman–Crippen LogP) is 1.87. The van der Waals surface area contributed by atoms with Crippen LogP contribution in [0.3, 0.4) is 0 Å². The second-order valence-corrected chi connectivity index (χ2v) is 3.71. The summed E-state index contributed by atoms with van der Waals surface area (Å²) in [5, 5.41) is 17.3. The van der Waals surface area contributed by atoms with Crippen molar-refractivity contribution in [3.05, 3.63) is 29.8 Å². The molecule has 0 radical (unpaired) electrons. The number of hydrogen-bond donors (Lipinski definition) is 2. The van der Waals surface area contributed by atoms with Crippen LogP contribution in [0.1, 0.15) is 23.7 Å². The summed E-state index contributed by atoms with van der Waals surface area (Å²) in [4.78, 5) is 21.1. The third-order valence-electron chi connectivity index (χ3n) is 2.34. The Balaban J connectivity index is 2.42. The first-order chi connectivity index (χ1) is 8.00. The molecule has 0 aromatic heterocycles. The van der Waals surface area contributed by atoms with Gasteiger partial charge in [0.05, 0.1) is 18.1 Å². The molecular formula is C12H14O5. The second kappa shape index (κ2) is 5.89. The molecule has 1 aromatic rings. The van der Waals surface area contributed by atoms with Crippen molar-refractivity contribution in [2.45, 2.75) is 13.3 Å².